The monoisotopic (exact) mass is 276 g/mol. The molecular weight excluding hydrogens is 256 g/mol. The Balaban J connectivity index is 2.29. The molecule has 0 spiro atoms. The van der Waals surface area contributed by atoms with Crippen LogP contribution in [-0.2, 0) is 0 Å². The molecule has 0 saturated carbocycles. The first-order chi connectivity index (χ1) is 9.17. The third kappa shape index (κ3) is 3.05. The van der Waals surface area contributed by atoms with Gasteiger partial charge in [0.25, 0.3) is 0 Å². The van der Waals surface area contributed by atoms with E-state index in [-0.39, 0.29) is 12.0 Å². The minimum atomic E-state index is -0.213. The van der Waals surface area contributed by atoms with Crippen LogP contribution in [0, 0.1) is 17.2 Å². The maximum absolute atomic E-state index is 9.81. The molecular formula is C15H20N2OS. The van der Waals surface area contributed by atoms with Gasteiger partial charge in [-0.25, -0.2) is 0 Å². The second-order valence-electron chi connectivity index (χ2n) is 4.97. The van der Waals surface area contributed by atoms with Crippen LogP contribution in [0.1, 0.15) is 25.8 Å². The second-order valence-corrected chi connectivity index (χ2v) is 6.28. The van der Waals surface area contributed by atoms with Gasteiger partial charge in [0, 0.05) is 18.0 Å². The molecule has 1 aromatic carbocycles. The van der Waals surface area contributed by atoms with Crippen LogP contribution in [0.2, 0.25) is 0 Å². The molecule has 1 saturated heterocycles. The fourth-order valence-corrected chi connectivity index (χ4v) is 3.30. The van der Waals surface area contributed by atoms with E-state index in [9.17, 15) is 10.4 Å². The Hall–Kier alpha value is -1.18. The number of benzene rings is 1. The zero-order valence-corrected chi connectivity index (χ0v) is 12.3. The summed E-state index contributed by atoms with van der Waals surface area (Å²) >= 11 is 1.71. The summed E-state index contributed by atoms with van der Waals surface area (Å²) in [4.78, 5) is 3.29. The van der Waals surface area contributed by atoms with Gasteiger partial charge in [0.05, 0.1) is 17.4 Å². The zero-order chi connectivity index (χ0) is 13.8. The third-order valence-corrected chi connectivity index (χ3v) is 4.56. The van der Waals surface area contributed by atoms with E-state index in [4.69, 9.17) is 0 Å². The van der Waals surface area contributed by atoms with Gasteiger partial charge < -0.3 is 10.0 Å². The normalized spacial score (nSPS) is 23.2. The fourth-order valence-electron chi connectivity index (χ4n) is 2.52. The molecule has 3 nitrogen and oxygen atoms in total. The Morgan fingerprint density at radius 1 is 1.53 bits per heavy atom. The van der Waals surface area contributed by atoms with Crippen LogP contribution in [-0.4, -0.2) is 30.1 Å². The minimum Gasteiger partial charge on any atom is -0.393 e. The van der Waals surface area contributed by atoms with Gasteiger partial charge in [-0.2, -0.15) is 5.26 Å². The lowest BCUT2D eigenvalue weighted by atomic mass is 9.96. The van der Waals surface area contributed by atoms with Gasteiger partial charge in [-0.3, -0.25) is 0 Å². The van der Waals surface area contributed by atoms with Crippen molar-refractivity contribution in [2.24, 2.45) is 5.92 Å². The van der Waals surface area contributed by atoms with Crippen molar-refractivity contribution >= 4 is 17.4 Å². The number of hydrogen-bond acceptors (Lipinski definition) is 4. The summed E-state index contributed by atoms with van der Waals surface area (Å²) < 4.78 is 0. The Bertz CT molecular complexity index is 484. The summed E-state index contributed by atoms with van der Waals surface area (Å²) in [6.07, 6.45) is 0.562. The van der Waals surface area contributed by atoms with Gasteiger partial charge in [-0.05, 0) is 30.2 Å². The number of nitriles is 1. The summed E-state index contributed by atoms with van der Waals surface area (Å²) in [5, 5.41) is 19.2. The van der Waals surface area contributed by atoms with Gasteiger partial charge in [-0.1, -0.05) is 19.9 Å². The smallest absolute Gasteiger partial charge is 0.103 e. The lowest BCUT2D eigenvalue weighted by Gasteiger charge is -2.36. The van der Waals surface area contributed by atoms with Crippen LogP contribution in [0.15, 0.2) is 23.1 Å². The highest BCUT2D eigenvalue weighted by molar-refractivity contribution is 7.99. The highest BCUT2D eigenvalue weighted by atomic mass is 32.2. The first-order valence-corrected chi connectivity index (χ1v) is 7.74. The summed E-state index contributed by atoms with van der Waals surface area (Å²) in [5.74, 6) is 1.22. The van der Waals surface area contributed by atoms with E-state index in [2.05, 4.69) is 24.8 Å². The molecule has 4 heteroatoms. The number of nitrogens with zero attached hydrogens (tertiary/aromatic N) is 2. The topological polar surface area (TPSA) is 47.3 Å². The van der Waals surface area contributed by atoms with E-state index in [1.807, 2.05) is 18.2 Å². The average Bonchev–Trinajstić information content (AvgIpc) is 2.42. The van der Waals surface area contributed by atoms with Gasteiger partial charge in [-0.15, -0.1) is 11.8 Å². The summed E-state index contributed by atoms with van der Waals surface area (Å²) in [5.41, 5.74) is 1.79. The fraction of sp³-hybridized carbons (Fsp3) is 0.533. The van der Waals surface area contributed by atoms with Crippen LogP contribution in [0.3, 0.4) is 0 Å². The number of hydrogen-bond donors (Lipinski definition) is 1. The first-order valence-electron chi connectivity index (χ1n) is 6.76. The van der Waals surface area contributed by atoms with Crippen molar-refractivity contribution in [1.29, 1.82) is 5.26 Å². The third-order valence-electron chi connectivity index (χ3n) is 3.62. The molecule has 1 aromatic rings. The van der Waals surface area contributed by atoms with Crippen molar-refractivity contribution in [1.82, 2.24) is 0 Å². The molecule has 0 bridgehead atoms. The lowest BCUT2D eigenvalue weighted by Crippen LogP contribution is -2.42. The second kappa shape index (κ2) is 6.31. The first kappa shape index (κ1) is 14.2. The number of thioether (sulfide) groups is 1. The van der Waals surface area contributed by atoms with Crippen LogP contribution in [0.5, 0.6) is 0 Å². The molecule has 0 aromatic heterocycles. The Labute approximate surface area is 119 Å². The van der Waals surface area contributed by atoms with Crippen LogP contribution in [0.4, 0.5) is 5.69 Å². The molecule has 1 aliphatic rings. The molecule has 102 valence electrons. The average molecular weight is 276 g/mol. The van der Waals surface area contributed by atoms with Gasteiger partial charge in [0.2, 0.25) is 0 Å². The van der Waals surface area contributed by atoms with E-state index in [0.29, 0.717) is 0 Å². The number of rotatable bonds is 3. The van der Waals surface area contributed by atoms with E-state index in [1.165, 1.54) is 0 Å². The van der Waals surface area contributed by atoms with Crippen molar-refractivity contribution in [3.05, 3.63) is 23.8 Å². The van der Waals surface area contributed by atoms with E-state index < -0.39 is 0 Å². The van der Waals surface area contributed by atoms with Gasteiger partial charge >= 0.3 is 0 Å². The number of aliphatic hydroxyl groups excluding tert-OH is 1. The molecule has 19 heavy (non-hydrogen) atoms. The van der Waals surface area contributed by atoms with Crippen molar-refractivity contribution in [2.75, 3.05) is 23.7 Å². The summed E-state index contributed by atoms with van der Waals surface area (Å²) in [6, 6.07) is 8.39. The van der Waals surface area contributed by atoms with E-state index in [0.717, 1.165) is 41.4 Å². The molecule has 2 unspecified atom stereocenters. The maximum atomic E-state index is 9.81. The van der Waals surface area contributed by atoms with Crippen LogP contribution >= 0.6 is 11.8 Å². The van der Waals surface area contributed by atoms with Crippen molar-refractivity contribution < 1.29 is 5.11 Å². The summed E-state index contributed by atoms with van der Waals surface area (Å²) in [6.45, 7) is 5.79. The molecule has 2 atom stereocenters. The largest absolute Gasteiger partial charge is 0.393 e. The predicted octanol–water partition coefficient (Wildman–Crippen LogP) is 2.88. The number of anilines is 1. The molecule has 1 N–H and O–H groups in total. The predicted molar refractivity (Wildman–Crippen MR) is 79.6 cm³/mol. The van der Waals surface area contributed by atoms with Crippen molar-refractivity contribution in [3.8, 4) is 6.07 Å². The Morgan fingerprint density at radius 3 is 2.95 bits per heavy atom. The summed E-state index contributed by atoms with van der Waals surface area (Å²) in [7, 11) is 0. The SMILES string of the molecule is CCSc1cccc(N2CCC(O)C(C)C2)c1C#N. The molecule has 0 amide bonds. The highest BCUT2D eigenvalue weighted by Crippen LogP contribution is 2.32. The maximum Gasteiger partial charge on any atom is 0.103 e. The standard InChI is InChI=1S/C15H20N2OS/c1-3-19-15-6-4-5-13(12(15)9-16)17-8-7-14(18)11(2)10-17/h4-6,11,14,18H,3,7-8,10H2,1-2H3. The zero-order valence-electron chi connectivity index (χ0n) is 11.5. The Morgan fingerprint density at radius 2 is 2.32 bits per heavy atom. The minimum absolute atomic E-state index is 0.213. The molecule has 1 aliphatic heterocycles. The van der Waals surface area contributed by atoms with Crippen LogP contribution in [0.25, 0.3) is 0 Å². The van der Waals surface area contributed by atoms with Crippen LogP contribution < -0.4 is 4.90 Å². The molecule has 0 aliphatic carbocycles. The van der Waals surface area contributed by atoms with E-state index in [1.54, 1.807) is 11.8 Å². The van der Waals surface area contributed by atoms with Gasteiger partial charge in [0.15, 0.2) is 0 Å². The van der Waals surface area contributed by atoms with E-state index >= 15 is 0 Å². The number of piperidine rings is 1. The Kier molecular flexibility index (Phi) is 4.73. The molecule has 0 radical (unpaired) electrons. The molecule has 1 fully saturated rings. The van der Waals surface area contributed by atoms with Gasteiger partial charge in [0.1, 0.15) is 6.07 Å². The number of aliphatic hydroxyl groups is 1. The quantitative estimate of drug-likeness (QED) is 0.862. The van der Waals surface area contributed by atoms with Crippen molar-refractivity contribution in [3.63, 3.8) is 0 Å². The van der Waals surface area contributed by atoms with Crippen molar-refractivity contribution in [2.45, 2.75) is 31.3 Å². The molecule has 1 heterocycles. The molecule has 2 rings (SSSR count). The lowest BCUT2D eigenvalue weighted by molar-refractivity contribution is 0.0971. The highest BCUT2D eigenvalue weighted by Gasteiger charge is 2.26.